The van der Waals surface area contributed by atoms with Gasteiger partial charge in [0.15, 0.2) is 0 Å². The summed E-state index contributed by atoms with van der Waals surface area (Å²) in [6.45, 7) is 7.76. The molecule has 0 saturated carbocycles. The van der Waals surface area contributed by atoms with Crippen LogP contribution in [0.2, 0.25) is 0 Å². The quantitative estimate of drug-likeness (QED) is 0.444. The third-order valence-corrected chi connectivity index (χ3v) is 2.61. The van der Waals surface area contributed by atoms with Gasteiger partial charge in [-0.15, -0.1) is 0 Å². The lowest BCUT2D eigenvalue weighted by Gasteiger charge is -2.07. The van der Waals surface area contributed by atoms with Crippen LogP contribution >= 0.6 is 12.6 Å². The van der Waals surface area contributed by atoms with Crippen molar-refractivity contribution in [1.82, 2.24) is 5.32 Å². The smallest absolute Gasteiger partial charge is 0.00103 e. The van der Waals surface area contributed by atoms with Crippen LogP contribution in [0.1, 0.15) is 59.3 Å². The SMILES string of the molecule is CC(S)CCCCCCCNC(C)C. The van der Waals surface area contributed by atoms with Crippen molar-refractivity contribution in [2.75, 3.05) is 6.54 Å². The van der Waals surface area contributed by atoms with E-state index in [1.165, 1.54) is 45.1 Å². The van der Waals surface area contributed by atoms with Crippen molar-refractivity contribution in [3.8, 4) is 0 Å². The van der Waals surface area contributed by atoms with Crippen LogP contribution in [0.3, 0.4) is 0 Å². The highest BCUT2D eigenvalue weighted by Crippen LogP contribution is 2.09. The molecule has 0 fully saturated rings. The second-order valence-electron chi connectivity index (χ2n) is 4.51. The fourth-order valence-electron chi connectivity index (χ4n) is 1.49. The third kappa shape index (κ3) is 12.3. The fourth-order valence-corrected chi connectivity index (χ4v) is 1.67. The van der Waals surface area contributed by atoms with E-state index in [0.29, 0.717) is 11.3 Å². The van der Waals surface area contributed by atoms with E-state index >= 15 is 0 Å². The van der Waals surface area contributed by atoms with Gasteiger partial charge in [0, 0.05) is 6.04 Å². The summed E-state index contributed by atoms with van der Waals surface area (Å²) in [7, 11) is 0. The van der Waals surface area contributed by atoms with Crippen molar-refractivity contribution in [2.45, 2.75) is 70.6 Å². The van der Waals surface area contributed by atoms with E-state index in [4.69, 9.17) is 0 Å². The second-order valence-corrected chi connectivity index (χ2v) is 5.40. The van der Waals surface area contributed by atoms with Gasteiger partial charge in [-0.1, -0.05) is 46.5 Å². The van der Waals surface area contributed by atoms with Crippen molar-refractivity contribution in [1.29, 1.82) is 0 Å². The molecule has 0 heterocycles. The molecule has 0 aromatic rings. The van der Waals surface area contributed by atoms with Gasteiger partial charge in [0.2, 0.25) is 0 Å². The number of rotatable bonds is 9. The largest absolute Gasteiger partial charge is 0.315 e. The lowest BCUT2D eigenvalue weighted by molar-refractivity contribution is 0.532. The number of nitrogens with one attached hydrogen (secondary N) is 1. The first kappa shape index (κ1) is 14.3. The first-order valence-electron chi connectivity index (χ1n) is 6.04. The van der Waals surface area contributed by atoms with Gasteiger partial charge >= 0.3 is 0 Å². The predicted octanol–water partition coefficient (Wildman–Crippen LogP) is 3.64. The zero-order chi connectivity index (χ0) is 10.8. The summed E-state index contributed by atoms with van der Waals surface area (Å²) in [6.07, 6.45) is 8.10. The molecular formula is C12H27NS. The van der Waals surface area contributed by atoms with Crippen LogP contribution in [0.5, 0.6) is 0 Å². The molecule has 0 aliphatic carbocycles. The average molecular weight is 217 g/mol. The van der Waals surface area contributed by atoms with Crippen LogP contribution in [0.25, 0.3) is 0 Å². The normalized spacial score (nSPS) is 13.5. The summed E-state index contributed by atoms with van der Waals surface area (Å²) < 4.78 is 0. The van der Waals surface area contributed by atoms with Gasteiger partial charge in [-0.2, -0.15) is 12.6 Å². The summed E-state index contributed by atoms with van der Waals surface area (Å²) in [5, 5.41) is 4.02. The summed E-state index contributed by atoms with van der Waals surface area (Å²) in [5.41, 5.74) is 0. The van der Waals surface area contributed by atoms with Crippen molar-refractivity contribution < 1.29 is 0 Å². The Morgan fingerprint density at radius 1 is 0.929 bits per heavy atom. The average Bonchev–Trinajstić information content (AvgIpc) is 2.08. The van der Waals surface area contributed by atoms with Gasteiger partial charge in [-0.25, -0.2) is 0 Å². The Kier molecular flexibility index (Phi) is 10.1. The number of unbranched alkanes of at least 4 members (excludes halogenated alkanes) is 4. The molecule has 86 valence electrons. The van der Waals surface area contributed by atoms with E-state index in [0.717, 1.165) is 0 Å². The second kappa shape index (κ2) is 9.85. The molecule has 0 bridgehead atoms. The highest BCUT2D eigenvalue weighted by atomic mass is 32.1. The zero-order valence-electron chi connectivity index (χ0n) is 10.1. The lowest BCUT2D eigenvalue weighted by atomic mass is 10.1. The maximum atomic E-state index is 4.37. The molecule has 0 amide bonds. The van der Waals surface area contributed by atoms with Gasteiger partial charge in [-0.05, 0) is 24.6 Å². The van der Waals surface area contributed by atoms with E-state index in [1.807, 2.05) is 0 Å². The molecule has 0 aromatic heterocycles. The van der Waals surface area contributed by atoms with Crippen LogP contribution in [-0.2, 0) is 0 Å². The van der Waals surface area contributed by atoms with Crippen LogP contribution in [-0.4, -0.2) is 17.8 Å². The van der Waals surface area contributed by atoms with Crippen molar-refractivity contribution in [3.63, 3.8) is 0 Å². The van der Waals surface area contributed by atoms with Gasteiger partial charge in [0.25, 0.3) is 0 Å². The van der Waals surface area contributed by atoms with Gasteiger partial charge in [0.1, 0.15) is 0 Å². The van der Waals surface area contributed by atoms with Crippen molar-refractivity contribution in [2.24, 2.45) is 0 Å². The number of thiol groups is 1. The Balaban J connectivity index is 2.92. The van der Waals surface area contributed by atoms with Gasteiger partial charge in [0.05, 0.1) is 0 Å². The molecule has 1 nitrogen and oxygen atoms in total. The third-order valence-electron chi connectivity index (χ3n) is 2.35. The van der Waals surface area contributed by atoms with Crippen LogP contribution in [0.15, 0.2) is 0 Å². The maximum absolute atomic E-state index is 4.37. The van der Waals surface area contributed by atoms with Gasteiger partial charge in [-0.3, -0.25) is 0 Å². The molecule has 0 aliphatic rings. The first-order chi connectivity index (χ1) is 6.63. The summed E-state index contributed by atoms with van der Waals surface area (Å²) in [6, 6.07) is 0.639. The molecule has 2 heteroatoms. The summed E-state index contributed by atoms with van der Waals surface area (Å²) >= 11 is 4.37. The minimum atomic E-state index is 0.581. The van der Waals surface area contributed by atoms with Crippen LogP contribution < -0.4 is 5.32 Å². The lowest BCUT2D eigenvalue weighted by Crippen LogP contribution is -2.23. The Morgan fingerprint density at radius 2 is 1.50 bits per heavy atom. The van der Waals surface area contributed by atoms with Gasteiger partial charge < -0.3 is 5.32 Å². The van der Waals surface area contributed by atoms with Crippen LogP contribution in [0, 0.1) is 0 Å². The molecule has 1 unspecified atom stereocenters. The highest BCUT2D eigenvalue weighted by Gasteiger charge is 1.95. The van der Waals surface area contributed by atoms with E-state index in [-0.39, 0.29) is 0 Å². The topological polar surface area (TPSA) is 12.0 Å². The first-order valence-corrected chi connectivity index (χ1v) is 6.56. The van der Waals surface area contributed by atoms with E-state index < -0.39 is 0 Å². The molecule has 0 aliphatic heterocycles. The summed E-state index contributed by atoms with van der Waals surface area (Å²) in [4.78, 5) is 0. The Hall–Kier alpha value is 0.310. The predicted molar refractivity (Wildman–Crippen MR) is 69.3 cm³/mol. The molecule has 0 spiro atoms. The minimum absolute atomic E-state index is 0.581. The highest BCUT2D eigenvalue weighted by molar-refractivity contribution is 7.80. The molecule has 14 heavy (non-hydrogen) atoms. The van der Waals surface area contributed by atoms with E-state index in [9.17, 15) is 0 Å². The molecule has 0 saturated heterocycles. The molecule has 0 rings (SSSR count). The monoisotopic (exact) mass is 217 g/mol. The zero-order valence-corrected chi connectivity index (χ0v) is 10.9. The molecule has 1 atom stereocenters. The minimum Gasteiger partial charge on any atom is -0.315 e. The molecule has 0 radical (unpaired) electrons. The molecular weight excluding hydrogens is 190 g/mol. The van der Waals surface area contributed by atoms with Crippen LogP contribution in [0.4, 0.5) is 0 Å². The number of hydrogen-bond acceptors (Lipinski definition) is 2. The Labute approximate surface area is 95.5 Å². The van der Waals surface area contributed by atoms with Crippen molar-refractivity contribution in [3.05, 3.63) is 0 Å². The Bertz CT molecular complexity index is 98.9. The summed E-state index contributed by atoms with van der Waals surface area (Å²) in [5.74, 6) is 0. The molecule has 1 N–H and O–H groups in total. The van der Waals surface area contributed by atoms with E-state index in [2.05, 4.69) is 38.7 Å². The molecule has 0 aromatic carbocycles. The van der Waals surface area contributed by atoms with E-state index in [1.54, 1.807) is 0 Å². The standard InChI is InChI=1S/C12H27NS/c1-11(2)13-10-8-6-4-5-7-9-12(3)14/h11-14H,4-10H2,1-3H3. The maximum Gasteiger partial charge on any atom is 0.00103 e. The van der Waals surface area contributed by atoms with Crippen molar-refractivity contribution >= 4 is 12.6 Å². The number of hydrogen-bond donors (Lipinski definition) is 2. The fraction of sp³-hybridized carbons (Fsp3) is 1.00. The Morgan fingerprint density at radius 3 is 2.07 bits per heavy atom.